The molecule has 1 aromatic heterocycles. The molecule has 0 spiro atoms. The fraction of sp³-hybridized carbons (Fsp3) is 0.333. The Morgan fingerprint density at radius 2 is 2.42 bits per heavy atom. The monoisotopic (exact) mass is 166 g/mol. The molecule has 0 bridgehead atoms. The van der Waals surface area contributed by atoms with Crippen molar-refractivity contribution < 1.29 is 14.4 Å². The molecule has 0 aliphatic heterocycles. The average Bonchev–Trinajstić information content (AvgIpc) is 2.03. The van der Waals surface area contributed by atoms with E-state index in [1.165, 1.54) is 0 Å². The fourth-order valence-electron chi connectivity index (χ4n) is 1.01. The molecular weight excluding hydrogens is 154 g/mol. The Morgan fingerprint density at radius 1 is 1.67 bits per heavy atom. The maximum atomic E-state index is 10.8. The highest BCUT2D eigenvalue weighted by atomic mass is 16.6. The SMILES string of the molecule is CO[n+]1cccc(CC(C)=O)c1. The van der Waals surface area contributed by atoms with Gasteiger partial charge in [0.2, 0.25) is 12.4 Å². The first-order valence-electron chi connectivity index (χ1n) is 3.76. The van der Waals surface area contributed by atoms with Gasteiger partial charge in [0.1, 0.15) is 12.9 Å². The topological polar surface area (TPSA) is 30.2 Å². The molecule has 0 aromatic carbocycles. The Hall–Kier alpha value is -1.38. The van der Waals surface area contributed by atoms with Crippen LogP contribution in [0.2, 0.25) is 0 Å². The van der Waals surface area contributed by atoms with Crippen LogP contribution in [0.3, 0.4) is 0 Å². The van der Waals surface area contributed by atoms with Gasteiger partial charge in [0, 0.05) is 22.8 Å². The van der Waals surface area contributed by atoms with Crippen LogP contribution in [0.4, 0.5) is 0 Å². The molecule has 1 heterocycles. The van der Waals surface area contributed by atoms with Crippen molar-refractivity contribution in [3.8, 4) is 0 Å². The van der Waals surface area contributed by atoms with Crippen LogP contribution in [0.25, 0.3) is 0 Å². The van der Waals surface area contributed by atoms with Gasteiger partial charge in [0.25, 0.3) is 0 Å². The van der Waals surface area contributed by atoms with Crippen LogP contribution in [0.1, 0.15) is 12.5 Å². The zero-order valence-electron chi connectivity index (χ0n) is 7.28. The van der Waals surface area contributed by atoms with Crippen LogP contribution in [-0.2, 0) is 11.2 Å². The minimum absolute atomic E-state index is 0.156. The van der Waals surface area contributed by atoms with Gasteiger partial charge in [0.05, 0.1) is 0 Å². The van der Waals surface area contributed by atoms with Crippen LogP contribution in [0.5, 0.6) is 0 Å². The third kappa shape index (κ3) is 2.34. The molecule has 1 aromatic rings. The van der Waals surface area contributed by atoms with E-state index in [-0.39, 0.29) is 5.78 Å². The molecule has 0 saturated carbocycles. The molecular formula is C9H12NO2+. The lowest BCUT2D eigenvalue weighted by molar-refractivity contribution is -0.885. The molecule has 0 aliphatic carbocycles. The minimum atomic E-state index is 0.156. The van der Waals surface area contributed by atoms with Crippen molar-refractivity contribution in [3.63, 3.8) is 0 Å². The predicted octanol–water partition coefficient (Wildman–Crippen LogP) is 0.164. The van der Waals surface area contributed by atoms with Gasteiger partial charge in [-0.3, -0.25) is 9.63 Å². The van der Waals surface area contributed by atoms with Crippen molar-refractivity contribution in [1.82, 2.24) is 0 Å². The lowest BCUT2D eigenvalue weighted by atomic mass is 10.2. The summed E-state index contributed by atoms with van der Waals surface area (Å²) < 4.78 is 1.57. The Balaban J connectivity index is 2.79. The van der Waals surface area contributed by atoms with Gasteiger partial charge in [0.15, 0.2) is 0 Å². The van der Waals surface area contributed by atoms with E-state index in [0.717, 1.165) is 5.56 Å². The summed E-state index contributed by atoms with van der Waals surface area (Å²) in [6.07, 6.45) is 4.04. The molecule has 12 heavy (non-hydrogen) atoms. The number of carbonyl (C=O) groups excluding carboxylic acids is 1. The van der Waals surface area contributed by atoms with E-state index in [0.29, 0.717) is 6.42 Å². The highest BCUT2D eigenvalue weighted by molar-refractivity contribution is 5.77. The Kier molecular flexibility index (Phi) is 2.80. The molecule has 1 rings (SSSR count). The highest BCUT2D eigenvalue weighted by Gasteiger charge is 2.03. The van der Waals surface area contributed by atoms with Crippen LogP contribution >= 0.6 is 0 Å². The Morgan fingerprint density at radius 3 is 3.00 bits per heavy atom. The quantitative estimate of drug-likeness (QED) is 0.599. The molecule has 0 radical (unpaired) electrons. The largest absolute Gasteiger partial charge is 0.300 e. The number of Topliss-reactive ketones (excluding diaryl/α,β-unsaturated/α-hetero) is 1. The first kappa shape index (κ1) is 8.71. The van der Waals surface area contributed by atoms with E-state index in [2.05, 4.69) is 0 Å². The summed E-state index contributed by atoms with van der Waals surface area (Å²) >= 11 is 0. The van der Waals surface area contributed by atoms with Gasteiger partial charge < -0.3 is 0 Å². The van der Waals surface area contributed by atoms with E-state index < -0.39 is 0 Å². The zero-order valence-corrected chi connectivity index (χ0v) is 7.28. The average molecular weight is 166 g/mol. The highest BCUT2D eigenvalue weighted by Crippen LogP contribution is 1.95. The number of hydrogen-bond donors (Lipinski definition) is 0. The summed E-state index contributed by atoms with van der Waals surface area (Å²) in [5, 5.41) is 0. The molecule has 3 heteroatoms. The summed E-state index contributed by atoms with van der Waals surface area (Å²) in [5.74, 6) is 0.156. The molecule has 0 amide bonds. The maximum absolute atomic E-state index is 10.8. The molecule has 3 nitrogen and oxygen atoms in total. The summed E-state index contributed by atoms with van der Waals surface area (Å²) in [6.45, 7) is 1.57. The number of nitrogens with zero attached hydrogens (tertiary/aromatic N) is 1. The number of carbonyl (C=O) groups is 1. The summed E-state index contributed by atoms with van der Waals surface area (Å²) in [6, 6.07) is 3.75. The third-order valence-electron chi connectivity index (χ3n) is 1.50. The second-order valence-electron chi connectivity index (χ2n) is 2.63. The van der Waals surface area contributed by atoms with Crippen LogP contribution in [-0.4, -0.2) is 12.9 Å². The van der Waals surface area contributed by atoms with Gasteiger partial charge in [-0.25, -0.2) is 0 Å². The van der Waals surface area contributed by atoms with E-state index in [9.17, 15) is 4.79 Å². The van der Waals surface area contributed by atoms with Crippen LogP contribution < -0.4 is 9.57 Å². The second kappa shape index (κ2) is 3.85. The van der Waals surface area contributed by atoms with Gasteiger partial charge in [-0.05, 0) is 13.0 Å². The van der Waals surface area contributed by atoms with Crippen LogP contribution in [0, 0.1) is 0 Å². The minimum Gasteiger partial charge on any atom is -0.300 e. The molecule has 0 atom stereocenters. The smallest absolute Gasteiger partial charge is 0.226 e. The van der Waals surface area contributed by atoms with Gasteiger partial charge in [-0.15, -0.1) is 0 Å². The van der Waals surface area contributed by atoms with Gasteiger partial charge >= 0.3 is 0 Å². The van der Waals surface area contributed by atoms with Crippen molar-refractivity contribution in [2.24, 2.45) is 0 Å². The van der Waals surface area contributed by atoms with E-state index >= 15 is 0 Å². The predicted molar refractivity (Wildman–Crippen MR) is 43.5 cm³/mol. The number of hydrogen-bond acceptors (Lipinski definition) is 2. The maximum Gasteiger partial charge on any atom is 0.226 e. The Labute approximate surface area is 71.5 Å². The molecule has 64 valence electrons. The van der Waals surface area contributed by atoms with E-state index in [1.54, 1.807) is 31.2 Å². The lowest BCUT2D eigenvalue weighted by Crippen LogP contribution is -2.39. The lowest BCUT2D eigenvalue weighted by Gasteiger charge is -1.94. The van der Waals surface area contributed by atoms with Crippen molar-refractivity contribution >= 4 is 5.78 Å². The zero-order chi connectivity index (χ0) is 8.97. The summed E-state index contributed by atoms with van der Waals surface area (Å²) in [5.41, 5.74) is 0.965. The summed E-state index contributed by atoms with van der Waals surface area (Å²) in [4.78, 5) is 15.7. The van der Waals surface area contributed by atoms with Crippen molar-refractivity contribution in [3.05, 3.63) is 30.1 Å². The number of ketones is 1. The fourth-order valence-corrected chi connectivity index (χ4v) is 1.01. The Bertz CT molecular complexity index is 284. The van der Waals surface area contributed by atoms with E-state index in [1.807, 2.05) is 12.1 Å². The van der Waals surface area contributed by atoms with Crippen molar-refractivity contribution in [1.29, 1.82) is 0 Å². The van der Waals surface area contributed by atoms with Crippen molar-refractivity contribution in [2.75, 3.05) is 7.11 Å². The molecule has 0 fully saturated rings. The summed E-state index contributed by atoms with van der Waals surface area (Å²) in [7, 11) is 1.58. The van der Waals surface area contributed by atoms with E-state index in [4.69, 9.17) is 4.84 Å². The normalized spacial score (nSPS) is 9.50. The first-order valence-corrected chi connectivity index (χ1v) is 3.76. The standard InChI is InChI=1S/C9H12NO2/c1-8(11)6-9-4-3-5-10(7-9)12-2/h3-5,7H,6H2,1-2H3/q+1. The van der Waals surface area contributed by atoms with Gasteiger partial charge in [-0.2, -0.15) is 0 Å². The third-order valence-corrected chi connectivity index (χ3v) is 1.50. The van der Waals surface area contributed by atoms with Crippen molar-refractivity contribution in [2.45, 2.75) is 13.3 Å². The number of aromatic nitrogens is 1. The molecule has 0 aliphatic rings. The second-order valence-corrected chi connectivity index (χ2v) is 2.63. The first-order chi connectivity index (χ1) is 5.72. The molecule has 0 N–H and O–H groups in total. The number of rotatable bonds is 3. The van der Waals surface area contributed by atoms with Gasteiger partial charge in [-0.1, -0.05) is 0 Å². The van der Waals surface area contributed by atoms with Crippen LogP contribution in [0.15, 0.2) is 24.5 Å². The molecule has 0 unspecified atom stereocenters. The number of pyridine rings is 1. The molecule has 0 saturated heterocycles.